The van der Waals surface area contributed by atoms with E-state index in [2.05, 4.69) is 10.3 Å². The third kappa shape index (κ3) is 3.42. The molecule has 0 spiro atoms. The van der Waals surface area contributed by atoms with Crippen LogP contribution in [-0.2, 0) is 4.79 Å². The summed E-state index contributed by atoms with van der Waals surface area (Å²) in [6.45, 7) is 1.05. The molecule has 0 bridgehead atoms. The number of pyridine rings is 1. The maximum atomic E-state index is 12.9. The Hall–Kier alpha value is -2.47. The van der Waals surface area contributed by atoms with Gasteiger partial charge >= 0.3 is 0 Å². The van der Waals surface area contributed by atoms with Crippen LogP contribution >= 0.6 is 0 Å². The number of aromatic nitrogens is 1. The van der Waals surface area contributed by atoms with Gasteiger partial charge in [0.25, 0.3) is 5.91 Å². The molecule has 6 heteroatoms. The van der Waals surface area contributed by atoms with E-state index in [0.717, 1.165) is 23.7 Å². The average molecular weight is 353 g/mol. The fourth-order valence-electron chi connectivity index (χ4n) is 3.60. The van der Waals surface area contributed by atoms with Gasteiger partial charge in [-0.25, -0.2) is 0 Å². The number of piperidine rings is 1. The quantitative estimate of drug-likeness (QED) is 0.874. The number of benzene rings is 1. The summed E-state index contributed by atoms with van der Waals surface area (Å²) < 4.78 is 0. The van der Waals surface area contributed by atoms with E-state index in [0.29, 0.717) is 25.1 Å². The van der Waals surface area contributed by atoms with Crippen molar-refractivity contribution in [1.82, 2.24) is 15.2 Å². The summed E-state index contributed by atoms with van der Waals surface area (Å²) >= 11 is 0. The Morgan fingerprint density at radius 2 is 2.08 bits per heavy atom. The minimum atomic E-state index is -0.187. The Bertz CT molecular complexity index is 834. The van der Waals surface area contributed by atoms with Gasteiger partial charge in [-0.15, -0.1) is 0 Å². The lowest BCUT2D eigenvalue weighted by Gasteiger charge is -2.38. The third-order valence-corrected chi connectivity index (χ3v) is 5.40. The third-order valence-electron chi connectivity index (χ3n) is 5.40. The van der Waals surface area contributed by atoms with Crippen LogP contribution in [0.2, 0.25) is 0 Å². The SMILES string of the molecule is O=C(N[C@@H]1CN(C(=O)c2ccc3ncccc3c2)CC[C@@H]1CO)C1CC1. The summed E-state index contributed by atoms with van der Waals surface area (Å²) in [4.78, 5) is 31.1. The zero-order valence-corrected chi connectivity index (χ0v) is 14.6. The van der Waals surface area contributed by atoms with Crippen molar-refractivity contribution >= 4 is 22.7 Å². The van der Waals surface area contributed by atoms with E-state index in [1.165, 1.54) is 0 Å². The summed E-state index contributed by atoms with van der Waals surface area (Å²) in [5.74, 6) is 0.133. The molecule has 0 unspecified atom stereocenters. The van der Waals surface area contributed by atoms with Crippen molar-refractivity contribution in [3.05, 3.63) is 42.1 Å². The van der Waals surface area contributed by atoms with Crippen LogP contribution in [0.5, 0.6) is 0 Å². The highest BCUT2D eigenvalue weighted by molar-refractivity contribution is 5.98. The molecule has 1 aliphatic carbocycles. The summed E-state index contributed by atoms with van der Waals surface area (Å²) in [6.07, 6.45) is 4.30. The van der Waals surface area contributed by atoms with Crippen molar-refractivity contribution in [1.29, 1.82) is 0 Å². The van der Waals surface area contributed by atoms with E-state index in [1.807, 2.05) is 24.3 Å². The zero-order valence-electron chi connectivity index (χ0n) is 14.6. The van der Waals surface area contributed by atoms with Crippen molar-refractivity contribution in [3.63, 3.8) is 0 Å². The van der Waals surface area contributed by atoms with Crippen LogP contribution in [0, 0.1) is 11.8 Å². The van der Waals surface area contributed by atoms with E-state index in [4.69, 9.17) is 0 Å². The van der Waals surface area contributed by atoms with Gasteiger partial charge in [-0.1, -0.05) is 6.07 Å². The molecule has 1 saturated heterocycles. The summed E-state index contributed by atoms with van der Waals surface area (Å²) in [6, 6.07) is 9.12. The maximum absolute atomic E-state index is 12.9. The lowest BCUT2D eigenvalue weighted by Crippen LogP contribution is -2.55. The topological polar surface area (TPSA) is 82.5 Å². The fourth-order valence-corrected chi connectivity index (χ4v) is 3.60. The van der Waals surface area contributed by atoms with Crippen molar-refractivity contribution < 1.29 is 14.7 Å². The number of nitrogens with zero attached hydrogens (tertiary/aromatic N) is 2. The highest BCUT2D eigenvalue weighted by Gasteiger charge is 2.36. The van der Waals surface area contributed by atoms with Gasteiger partial charge in [0, 0.05) is 48.7 Å². The number of carbonyl (C=O) groups is 2. The van der Waals surface area contributed by atoms with Crippen LogP contribution < -0.4 is 5.32 Å². The number of amides is 2. The first-order valence-corrected chi connectivity index (χ1v) is 9.21. The molecule has 2 amide bonds. The predicted molar refractivity (Wildman–Crippen MR) is 97.5 cm³/mol. The summed E-state index contributed by atoms with van der Waals surface area (Å²) in [5, 5.41) is 13.6. The van der Waals surface area contributed by atoms with Gasteiger partial charge in [0.15, 0.2) is 0 Å². The minimum Gasteiger partial charge on any atom is -0.396 e. The largest absolute Gasteiger partial charge is 0.396 e. The second-order valence-corrected chi connectivity index (χ2v) is 7.28. The van der Waals surface area contributed by atoms with Gasteiger partial charge in [-0.3, -0.25) is 14.6 Å². The molecular formula is C20H23N3O3. The monoisotopic (exact) mass is 353 g/mol. The molecule has 4 rings (SSSR count). The second-order valence-electron chi connectivity index (χ2n) is 7.28. The lowest BCUT2D eigenvalue weighted by atomic mass is 9.91. The first-order valence-electron chi connectivity index (χ1n) is 9.21. The number of aliphatic hydroxyl groups is 1. The number of hydrogen-bond donors (Lipinski definition) is 2. The van der Waals surface area contributed by atoms with Crippen molar-refractivity contribution in [2.45, 2.75) is 25.3 Å². The first kappa shape index (κ1) is 17.0. The highest BCUT2D eigenvalue weighted by atomic mass is 16.3. The van der Waals surface area contributed by atoms with Crippen molar-refractivity contribution in [2.75, 3.05) is 19.7 Å². The lowest BCUT2D eigenvalue weighted by molar-refractivity contribution is -0.123. The molecule has 6 nitrogen and oxygen atoms in total. The van der Waals surface area contributed by atoms with E-state index in [9.17, 15) is 14.7 Å². The minimum absolute atomic E-state index is 0.00236. The van der Waals surface area contributed by atoms with Gasteiger partial charge in [-0.2, -0.15) is 0 Å². The Kier molecular flexibility index (Phi) is 4.59. The van der Waals surface area contributed by atoms with E-state index in [1.54, 1.807) is 17.2 Å². The summed E-state index contributed by atoms with van der Waals surface area (Å²) in [5.41, 5.74) is 1.48. The molecular weight excluding hydrogens is 330 g/mol. The molecule has 136 valence electrons. The molecule has 2 heterocycles. The van der Waals surface area contributed by atoms with Crippen LogP contribution in [-0.4, -0.2) is 52.5 Å². The van der Waals surface area contributed by atoms with Gasteiger partial charge in [0.1, 0.15) is 0 Å². The van der Waals surface area contributed by atoms with Crippen LogP contribution in [0.1, 0.15) is 29.6 Å². The van der Waals surface area contributed by atoms with Gasteiger partial charge in [-0.05, 0) is 43.5 Å². The van der Waals surface area contributed by atoms with Crippen molar-refractivity contribution in [2.24, 2.45) is 11.8 Å². The molecule has 1 aliphatic heterocycles. The van der Waals surface area contributed by atoms with Crippen molar-refractivity contribution in [3.8, 4) is 0 Å². The summed E-state index contributed by atoms with van der Waals surface area (Å²) in [7, 11) is 0. The second kappa shape index (κ2) is 7.03. The first-order chi connectivity index (χ1) is 12.7. The molecule has 2 N–H and O–H groups in total. The zero-order chi connectivity index (χ0) is 18.1. The number of nitrogens with one attached hydrogen (secondary N) is 1. The van der Waals surface area contributed by atoms with Gasteiger partial charge in [0.05, 0.1) is 11.6 Å². The number of hydrogen-bond acceptors (Lipinski definition) is 4. The fraction of sp³-hybridized carbons (Fsp3) is 0.450. The molecule has 0 radical (unpaired) electrons. The van der Waals surface area contributed by atoms with Crippen LogP contribution in [0.3, 0.4) is 0 Å². The molecule has 1 aromatic heterocycles. The predicted octanol–water partition coefficient (Wildman–Crippen LogP) is 1.58. The molecule has 1 saturated carbocycles. The molecule has 2 atom stereocenters. The Morgan fingerprint density at radius 1 is 1.23 bits per heavy atom. The Balaban J connectivity index is 1.50. The molecule has 1 aromatic carbocycles. The van der Waals surface area contributed by atoms with Crippen LogP contribution in [0.25, 0.3) is 10.9 Å². The smallest absolute Gasteiger partial charge is 0.253 e. The average Bonchev–Trinajstić information content (AvgIpc) is 3.52. The van der Waals surface area contributed by atoms with Crippen LogP contribution in [0.15, 0.2) is 36.5 Å². The number of likely N-dealkylation sites (tertiary alicyclic amines) is 1. The maximum Gasteiger partial charge on any atom is 0.253 e. The molecule has 2 aliphatic rings. The normalized spacial score (nSPS) is 23.0. The number of rotatable bonds is 4. The Morgan fingerprint density at radius 3 is 2.85 bits per heavy atom. The molecule has 2 aromatic rings. The number of carbonyl (C=O) groups excluding carboxylic acids is 2. The van der Waals surface area contributed by atoms with Crippen LogP contribution in [0.4, 0.5) is 0 Å². The molecule has 2 fully saturated rings. The number of fused-ring (bicyclic) bond motifs is 1. The van der Waals surface area contributed by atoms with E-state index >= 15 is 0 Å². The van der Waals surface area contributed by atoms with E-state index < -0.39 is 0 Å². The Labute approximate surface area is 152 Å². The number of aliphatic hydroxyl groups excluding tert-OH is 1. The molecule has 26 heavy (non-hydrogen) atoms. The van der Waals surface area contributed by atoms with Gasteiger partial charge < -0.3 is 15.3 Å². The standard InChI is InChI=1S/C20H23N3O3/c24-12-16-7-9-23(11-18(16)22-19(25)13-3-4-13)20(26)15-5-6-17-14(10-15)2-1-8-21-17/h1-2,5-6,8,10,13,16,18,24H,3-4,7,9,11-12H2,(H,22,25)/t16-,18-/m1/s1. The van der Waals surface area contributed by atoms with E-state index in [-0.39, 0.29) is 36.3 Å². The van der Waals surface area contributed by atoms with Gasteiger partial charge in [0.2, 0.25) is 5.91 Å². The highest BCUT2D eigenvalue weighted by Crippen LogP contribution is 2.30.